The maximum absolute atomic E-state index is 13.4. The molecule has 0 aromatic heterocycles. The Morgan fingerprint density at radius 2 is 1.56 bits per heavy atom. The summed E-state index contributed by atoms with van der Waals surface area (Å²) in [6, 6.07) is 5.00. The summed E-state index contributed by atoms with van der Waals surface area (Å²) in [5, 5.41) is 19.7. The molecule has 0 fully saturated rings. The molecule has 1 aromatic rings. The highest BCUT2D eigenvalue weighted by Crippen LogP contribution is 2.33. The summed E-state index contributed by atoms with van der Waals surface area (Å²) in [5.41, 5.74) is -0.943. The van der Waals surface area contributed by atoms with Gasteiger partial charge in [-0.15, -0.1) is 0 Å². The first kappa shape index (κ1) is 28.7. The van der Waals surface area contributed by atoms with Crippen LogP contribution >= 0.6 is 0 Å². The normalized spacial score (nSPS) is 14.1. The van der Waals surface area contributed by atoms with E-state index in [0.717, 1.165) is 61.2 Å². The molecular weight excluding hydrogens is 456 g/mol. The van der Waals surface area contributed by atoms with Gasteiger partial charge < -0.3 is 0 Å². The molecular formula is C28H36N4O4. The highest BCUT2D eigenvalue weighted by molar-refractivity contribution is 6.24. The first-order valence-electron chi connectivity index (χ1n) is 13.0. The van der Waals surface area contributed by atoms with E-state index in [2.05, 4.69) is 13.8 Å². The maximum atomic E-state index is 13.4. The molecule has 1 aromatic carbocycles. The molecule has 8 heteroatoms. The van der Waals surface area contributed by atoms with E-state index in [1.54, 1.807) is 0 Å². The summed E-state index contributed by atoms with van der Waals surface area (Å²) >= 11 is 0. The Balaban J connectivity index is 2.51. The van der Waals surface area contributed by atoms with E-state index < -0.39 is 17.7 Å². The number of hydrogen-bond donors (Lipinski definition) is 0. The smallest absolute Gasteiger partial charge is 0.262 e. The fraction of sp³-hybridized carbons (Fsp3) is 0.571. The van der Waals surface area contributed by atoms with E-state index in [4.69, 9.17) is 0 Å². The fourth-order valence-corrected chi connectivity index (χ4v) is 4.72. The highest BCUT2D eigenvalue weighted by atomic mass is 16.2. The van der Waals surface area contributed by atoms with Crippen LogP contribution in [-0.4, -0.2) is 47.0 Å². The van der Waals surface area contributed by atoms with Gasteiger partial charge in [0.2, 0.25) is 6.41 Å². The van der Waals surface area contributed by atoms with Gasteiger partial charge in [0.25, 0.3) is 17.7 Å². The van der Waals surface area contributed by atoms with Crippen LogP contribution in [0.25, 0.3) is 0 Å². The van der Waals surface area contributed by atoms with Crippen molar-refractivity contribution in [1.82, 2.24) is 9.80 Å². The summed E-state index contributed by atoms with van der Waals surface area (Å²) in [6.07, 6.45) is 7.59. The van der Waals surface area contributed by atoms with Gasteiger partial charge in [-0.2, -0.15) is 10.5 Å². The summed E-state index contributed by atoms with van der Waals surface area (Å²) in [4.78, 5) is 54.0. The molecule has 2 rings (SSSR count). The van der Waals surface area contributed by atoms with Crippen molar-refractivity contribution in [1.29, 1.82) is 10.5 Å². The second kappa shape index (κ2) is 13.5. The predicted molar refractivity (Wildman–Crippen MR) is 135 cm³/mol. The number of nitrogens with zero attached hydrogens (tertiary/aromatic N) is 4. The van der Waals surface area contributed by atoms with Crippen LogP contribution in [0.4, 0.5) is 0 Å². The van der Waals surface area contributed by atoms with E-state index in [1.165, 1.54) is 6.07 Å². The third-order valence-corrected chi connectivity index (χ3v) is 7.08. The van der Waals surface area contributed by atoms with Gasteiger partial charge in [-0.05, 0) is 30.7 Å². The number of amides is 4. The lowest BCUT2D eigenvalue weighted by molar-refractivity contribution is -0.116. The number of carbonyl (C=O) groups excluding carboxylic acids is 4. The van der Waals surface area contributed by atoms with Gasteiger partial charge in [-0.1, -0.05) is 66.2 Å². The van der Waals surface area contributed by atoms with Crippen LogP contribution in [0.2, 0.25) is 0 Å². The Bertz CT molecular complexity index is 1080. The number of nitriles is 2. The zero-order chi connectivity index (χ0) is 26.8. The Labute approximate surface area is 213 Å². The molecule has 4 amide bonds. The first-order valence-corrected chi connectivity index (χ1v) is 13.0. The van der Waals surface area contributed by atoms with Crippen LogP contribution < -0.4 is 0 Å². The minimum atomic E-state index is -0.746. The van der Waals surface area contributed by atoms with E-state index in [9.17, 15) is 29.7 Å². The number of carbonyl (C=O) groups is 4. The van der Waals surface area contributed by atoms with Crippen molar-refractivity contribution in [3.8, 4) is 12.1 Å². The molecule has 0 saturated carbocycles. The maximum Gasteiger partial charge on any atom is 0.262 e. The lowest BCUT2D eigenvalue weighted by Gasteiger charge is -2.23. The van der Waals surface area contributed by atoms with Crippen molar-refractivity contribution < 1.29 is 19.2 Å². The topological polar surface area (TPSA) is 122 Å². The molecule has 0 N–H and O–H groups in total. The molecule has 2 atom stereocenters. The van der Waals surface area contributed by atoms with Gasteiger partial charge in [0.1, 0.15) is 12.1 Å². The van der Waals surface area contributed by atoms with Crippen LogP contribution in [0.3, 0.4) is 0 Å². The standard InChI is InChI=1S/C28H36N4O4/c1-5-9-11-19(7-3)16-31(18-33)26(34)22-13-21(14-29)24-25(23(22)15-30)28(36)32(27(24)35)17-20(8-4)12-10-6-2/h13,18-20H,5-12,16-17H2,1-4H3. The van der Waals surface area contributed by atoms with Gasteiger partial charge in [0.05, 0.1) is 27.8 Å². The Hall–Kier alpha value is -3.52. The van der Waals surface area contributed by atoms with Gasteiger partial charge in [0, 0.05) is 13.1 Å². The molecule has 0 radical (unpaired) electrons. The van der Waals surface area contributed by atoms with E-state index in [-0.39, 0.29) is 52.7 Å². The minimum absolute atomic E-state index is 0.0994. The predicted octanol–water partition coefficient (Wildman–Crippen LogP) is 5.06. The Kier molecular flexibility index (Phi) is 10.8. The molecule has 2 unspecified atom stereocenters. The summed E-state index contributed by atoms with van der Waals surface area (Å²) in [5.74, 6) is -1.83. The zero-order valence-corrected chi connectivity index (χ0v) is 21.8. The molecule has 0 spiro atoms. The molecule has 1 aliphatic heterocycles. The summed E-state index contributed by atoms with van der Waals surface area (Å²) in [7, 11) is 0. The lowest BCUT2D eigenvalue weighted by Crippen LogP contribution is -2.35. The molecule has 36 heavy (non-hydrogen) atoms. The van der Waals surface area contributed by atoms with Crippen LogP contribution in [0.5, 0.6) is 0 Å². The molecule has 1 heterocycles. The monoisotopic (exact) mass is 492 g/mol. The van der Waals surface area contributed by atoms with Gasteiger partial charge in [-0.3, -0.25) is 29.0 Å². The number of imide groups is 2. The van der Waals surface area contributed by atoms with Crippen molar-refractivity contribution in [3.05, 3.63) is 33.9 Å². The van der Waals surface area contributed by atoms with Crippen molar-refractivity contribution in [2.75, 3.05) is 13.1 Å². The minimum Gasteiger partial charge on any atom is -0.281 e. The van der Waals surface area contributed by atoms with E-state index in [0.29, 0.717) is 6.41 Å². The molecule has 8 nitrogen and oxygen atoms in total. The fourth-order valence-electron chi connectivity index (χ4n) is 4.72. The molecule has 192 valence electrons. The average Bonchev–Trinajstić information content (AvgIpc) is 3.14. The third kappa shape index (κ3) is 5.99. The summed E-state index contributed by atoms with van der Waals surface area (Å²) < 4.78 is 0. The second-order valence-corrected chi connectivity index (χ2v) is 9.44. The van der Waals surface area contributed by atoms with Crippen molar-refractivity contribution >= 4 is 24.1 Å². The van der Waals surface area contributed by atoms with Gasteiger partial charge >= 0.3 is 0 Å². The van der Waals surface area contributed by atoms with Crippen molar-refractivity contribution in [2.45, 2.75) is 79.1 Å². The Morgan fingerprint density at radius 1 is 0.972 bits per heavy atom. The van der Waals surface area contributed by atoms with Gasteiger partial charge in [0.15, 0.2) is 0 Å². The van der Waals surface area contributed by atoms with Crippen LogP contribution in [0, 0.1) is 34.5 Å². The number of unbranched alkanes of at least 4 members (excludes halogenated alkanes) is 2. The third-order valence-electron chi connectivity index (χ3n) is 7.08. The first-order chi connectivity index (χ1) is 17.3. The lowest BCUT2D eigenvalue weighted by atomic mass is 9.92. The molecule has 0 saturated heterocycles. The van der Waals surface area contributed by atoms with Gasteiger partial charge in [-0.25, -0.2) is 0 Å². The number of hydrogen-bond acceptors (Lipinski definition) is 6. The summed E-state index contributed by atoms with van der Waals surface area (Å²) in [6.45, 7) is 8.49. The molecule has 0 aliphatic carbocycles. The highest BCUT2D eigenvalue weighted by Gasteiger charge is 2.42. The van der Waals surface area contributed by atoms with Crippen LogP contribution in [0.15, 0.2) is 6.07 Å². The zero-order valence-electron chi connectivity index (χ0n) is 21.8. The number of benzene rings is 1. The largest absolute Gasteiger partial charge is 0.281 e. The molecule has 1 aliphatic rings. The number of fused-ring (bicyclic) bond motifs is 1. The number of rotatable bonds is 14. The van der Waals surface area contributed by atoms with Crippen molar-refractivity contribution in [2.24, 2.45) is 11.8 Å². The van der Waals surface area contributed by atoms with Crippen LogP contribution in [0.1, 0.15) is 121 Å². The molecule has 0 bridgehead atoms. The quantitative estimate of drug-likeness (QED) is 0.264. The second-order valence-electron chi connectivity index (χ2n) is 9.44. The van der Waals surface area contributed by atoms with E-state index >= 15 is 0 Å². The Morgan fingerprint density at radius 3 is 2.06 bits per heavy atom. The SMILES string of the molecule is CCCCC(CC)CN(C=O)C(=O)c1cc(C#N)c2c(c1C#N)C(=O)N(CC(CC)CCCC)C2=O. The van der Waals surface area contributed by atoms with Crippen molar-refractivity contribution in [3.63, 3.8) is 0 Å². The van der Waals surface area contributed by atoms with E-state index in [1.807, 2.05) is 26.0 Å². The average molecular weight is 493 g/mol. The van der Waals surface area contributed by atoms with Crippen LogP contribution in [-0.2, 0) is 4.79 Å².